The lowest BCUT2D eigenvalue weighted by molar-refractivity contribution is -0.137. The van der Waals surface area contributed by atoms with Gasteiger partial charge in [0.2, 0.25) is 5.95 Å². The van der Waals surface area contributed by atoms with Crippen LogP contribution in [0.3, 0.4) is 0 Å². The number of halogens is 3. The Morgan fingerprint density at radius 2 is 1.47 bits per heavy atom. The summed E-state index contributed by atoms with van der Waals surface area (Å²) in [6.45, 7) is 2.18. The zero-order valence-corrected chi connectivity index (χ0v) is 17.2. The summed E-state index contributed by atoms with van der Waals surface area (Å²) < 4.78 is 38.7. The van der Waals surface area contributed by atoms with Crippen LogP contribution in [-0.4, -0.2) is 47.0 Å². The van der Waals surface area contributed by atoms with Crippen molar-refractivity contribution in [2.75, 3.05) is 31.1 Å². The summed E-state index contributed by atoms with van der Waals surface area (Å²) in [6.07, 6.45) is 0.604. The molecule has 1 aromatic heterocycles. The fourth-order valence-electron chi connectivity index (χ4n) is 3.56. The fraction of sp³-hybridized carbons (Fsp3) is 0.208. The maximum Gasteiger partial charge on any atom is 0.416 e. The molecule has 164 valence electrons. The molecule has 4 rings (SSSR count). The lowest BCUT2D eigenvalue weighted by Crippen LogP contribution is -2.49. The van der Waals surface area contributed by atoms with E-state index in [-0.39, 0.29) is 5.91 Å². The molecule has 0 aliphatic carbocycles. The Balaban J connectivity index is 1.56. The first-order valence-corrected chi connectivity index (χ1v) is 10.2. The van der Waals surface area contributed by atoms with Crippen molar-refractivity contribution in [1.82, 2.24) is 14.9 Å². The van der Waals surface area contributed by atoms with E-state index in [1.54, 1.807) is 29.4 Å². The number of anilines is 1. The van der Waals surface area contributed by atoms with Crippen molar-refractivity contribution in [3.8, 4) is 0 Å². The molecule has 1 aliphatic rings. The van der Waals surface area contributed by atoms with Gasteiger partial charge in [0.05, 0.1) is 5.56 Å². The second-order valence-electron chi connectivity index (χ2n) is 7.37. The molecule has 0 N–H and O–H groups in total. The second kappa shape index (κ2) is 9.21. The van der Waals surface area contributed by atoms with Gasteiger partial charge in [-0.3, -0.25) is 4.79 Å². The van der Waals surface area contributed by atoms with Crippen LogP contribution in [0.2, 0.25) is 0 Å². The summed E-state index contributed by atoms with van der Waals surface area (Å²) in [6, 6.07) is 15.7. The molecule has 1 fully saturated rings. The van der Waals surface area contributed by atoms with E-state index in [4.69, 9.17) is 0 Å². The number of aromatic nitrogens is 2. The van der Waals surface area contributed by atoms with E-state index in [0.29, 0.717) is 48.8 Å². The van der Waals surface area contributed by atoms with Crippen molar-refractivity contribution >= 4 is 23.5 Å². The normalized spacial score (nSPS) is 15.0. The summed E-state index contributed by atoms with van der Waals surface area (Å²) in [5.74, 6) is 0.466. The van der Waals surface area contributed by atoms with E-state index in [1.807, 2.05) is 35.2 Å². The van der Waals surface area contributed by atoms with Crippen LogP contribution in [-0.2, 0) is 11.0 Å². The Hall–Kier alpha value is -3.68. The van der Waals surface area contributed by atoms with Gasteiger partial charge in [-0.25, -0.2) is 9.97 Å². The molecule has 0 radical (unpaired) electrons. The molecule has 0 bridgehead atoms. The average Bonchev–Trinajstić information content (AvgIpc) is 2.83. The minimum atomic E-state index is -4.40. The van der Waals surface area contributed by atoms with Crippen LogP contribution in [0, 0.1) is 0 Å². The predicted molar refractivity (Wildman–Crippen MR) is 117 cm³/mol. The van der Waals surface area contributed by atoms with Gasteiger partial charge < -0.3 is 9.80 Å². The SMILES string of the molecule is O=C(/C(=C/c1ccc(C(F)(F)F)cc1)c1ccccc1)N1CCN(c2ncccn2)CC1. The van der Waals surface area contributed by atoms with Crippen LogP contribution in [0.15, 0.2) is 73.1 Å². The molecule has 2 heterocycles. The average molecular weight is 438 g/mol. The van der Waals surface area contributed by atoms with Crippen LogP contribution in [0.1, 0.15) is 16.7 Å². The van der Waals surface area contributed by atoms with Crippen molar-refractivity contribution in [3.63, 3.8) is 0 Å². The number of hydrogen-bond acceptors (Lipinski definition) is 4. The van der Waals surface area contributed by atoms with Gasteiger partial charge in [-0.2, -0.15) is 13.2 Å². The second-order valence-corrected chi connectivity index (χ2v) is 7.37. The number of nitrogens with zero attached hydrogens (tertiary/aromatic N) is 4. The van der Waals surface area contributed by atoms with Crippen molar-refractivity contribution < 1.29 is 18.0 Å². The zero-order chi connectivity index (χ0) is 22.6. The van der Waals surface area contributed by atoms with Gasteiger partial charge in [0.1, 0.15) is 0 Å². The first-order chi connectivity index (χ1) is 15.4. The molecular weight excluding hydrogens is 417 g/mol. The van der Waals surface area contributed by atoms with Crippen molar-refractivity contribution in [2.45, 2.75) is 6.18 Å². The lowest BCUT2D eigenvalue weighted by Gasteiger charge is -2.35. The Labute approximate surface area is 183 Å². The van der Waals surface area contributed by atoms with Crippen LogP contribution in [0.4, 0.5) is 19.1 Å². The molecule has 3 aromatic rings. The molecule has 1 aliphatic heterocycles. The van der Waals surface area contributed by atoms with E-state index >= 15 is 0 Å². The third-order valence-corrected chi connectivity index (χ3v) is 5.27. The first kappa shape index (κ1) is 21.5. The number of amides is 1. The van der Waals surface area contributed by atoms with Gasteiger partial charge in [0.25, 0.3) is 5.91 Å². The standard InChI is InChI=1S/C24H21F3N4O/c25-24(26,27)20-9-7-18(8-10-20)17-21(19-5-2-1-3-6-19)22(32)30-13-15-31(16-14-30)23-28-11-4-12-29-23/h1-12,17H,13-16H2/b21-17+. The third kappa shape index (κ3) is 4.96. The highest BCUT2D eigenvalue weighted by molar-refractivity contribution is 6.24. The van der Waals surface area contributed by atoms with Crippen molar-refractivity contribution in [1.29, 1.82) is 0 Å². The maximum absolute atomic E-state index is 13.4. The van der Waals surface area contributed by atoms with E-state index < -0.39 is 11.7 Å². The molecule has 8 heteroatoms. The first-order valence-electron chi connectivity index (χ1n) is 10.2. The number of rotatable bonds is 4. The molecule has 2 aromatic carbocycles. The zero-order valence-electron chi connectivity index (χ0n) is 17.2. The highest BCUT2D eigenvalue weighted by atomic mass is 19.4. The number of alkyl halides is 3. The molecule has 32 heavy (non-hydrogen) atoms. The summed E-state index contributed by atoms with van der Waals surface area (Å²) >= 11 is 0. The maximum atomic E-state index is 13.4. The summed E-state index contributed by atoms with van der Waals surface area (Å²) in [5.41, 5.74) is 0.962. The van der Waals surface area contributed by atoms with Crippen LogP contribution in [0.5, 0.6) is 0 Å². The molecule has 0 atom stereocenters. The Morgan fingerprint density at radius 1 is 0.844 bits per heavy atom. The summed E-state index contributed by atoms with van der Waals surface area (Å²) in [7, 11) is 0. The fourth-order valence-corrected chi connectivity index (χ4v) is 3.56. The number of hydrogen-bond donors (Lipinski definition) is 0. The summed E-state index contributed by atoms with van der Waals surface area (Å²) in [5, 5.41) is 0. The van der Waals surface area contributed by atoms with E-state index in [1.165, 1.54) is 12.1 Å². The molecule has 0 saturated carbocycles. The van der Waals surface area contributed by atoms with Gasteiger partial charge in [0, 0.05) is 44.1 Å². The summed E-state index contributed by atoms with van der Waals surface area (Å²) in [4.78, 5) is 25.7. The van der Waals surface area contributed by atoms with Crippen LogP contribution in [0.25, 0.3) is 11.6 Å². The lowest BCUT2D eigenvalue weighted by atomic mass is 10.0. The molecule has 1 amide bonds. The monoisotopic (exact) mass is 438 g/mol. The Bertz CT molecular complexity index is 1080. The predicted octanol–water partition coefficient (Wildman–Crippen LogP) is 4.38. The molecule has 0 spiro atoms. The van der Waals surface area contributed by atoms with Crippen molar-refractivity contribution in [2.24, 2.45) is 0 Å². The van der Waals surface area contributed by atoms with Crippen LogP contribution < -0.4 is 4.90 Å². The van der Waals surface area contributed by atoms with Gasteiger partial charge in [-0.05, 0) is 35.4 Å². The topological polar surface area (TPSA) is 49.3 Å². The molecule has 5 nitrogen and oxygen atoms in total. The van der Waals surface area contributed by atoms with E-state index in [2.05, 4.69) is 9.97 Å². The number of carbonyl (C=O) groups excluding carboxylic acids is 1. The highest BCUT2D eigenvalue weighted by Crippen LogP contribution is 2.30. The molecule has 1 saturated heterocycles. The largest absolute Gasteiger partial charge is 0.416 e. The molecule has 0 unspecified atom stereocenters. The van der Waals surface area contributed by atoms with Crippen LogP contribution >= 0.6 is 0 Å². The van der Waals surface area contributed by atoms with E-state index in [0.717, 1.165) is 12.1 Å². The van der Waals surface area contributed by atoms with E-state index in [9.17, 15) is 18.0 Å². The van der Waals surface area contributed by atoms with Gasteiger partial charge in [-0.15, -0.1) is 0 Å². The van der Waals surface area contributed by atoms with Gasteiger partial charge >= 0.3 is 6.18 Å². The Morgan fingerprint density at radius 3 is 2.06 bits per heavy atom. The number of benzene rings is 2. The van der Waals surface area contributed by atoms with Gasteiger partial charge in [-0.1, -0.05) is 42.5 Å². The number of carbonyl (C=O) groups is 1. The minimum absolute atomic E-state index is 0.162. The minimum Gasteiger partial charge on any atom is -0.337 e. The van der Waals surface area contributed by atoms with Crippen molar-refractivity contribution in [3.05, 3.63) is 89.7 Å². The number of piperazine rings is 1. The quantitative estimate of drug-likeness (QED) is 0.448. The Kier molecular flexibility index (Phi) is 6.20. The third-order valence-electron chi connectivity index (χ3n) is 5.27. The highest BCUT2D eigenvalue weighted by Gasteiger charge is 2.30. The van der Waals surface area contributed by atoms with Gasteiger partial charge in [0.15, 0.2) is 0 Å². The molecular formula is C24H21F3N4O. The smallest absolute Gasteiger partial charge is 0.337 e.